The summed E-state index contributed by atoms with van der Waals surface area (Å²) in [5.41, 5.74) is 2.07. The standard InChI is InChI=1S/C27H24Br2O4/c28-23-12-8-21(9-13-23)25(30)18-27(22-10-14-24(29)15-11-22)33-17-5-4-16-32-19-26(31)20-6-2-1-3-7-20/h1-3,6-15,18H,4-5,16-17,19H2/b27-18+. The van der Waals surface area contributed by atoms with Gasteiger partial charge in [0.05, 0.1) is 6.61 Å². The number of carbonyl (C=O) groups excluding carboxylic acids is 2. The van der Waals surface area contributed by atoms with Crippen LogP contribution in [-0.2, 0) is 9.47 Å². The number of Topliss-reactive ketones (excluding diaryl/α,β-unsaturated/α-hetero) is 1. The highest BCUT2D eigenvalue weighted by Crippen LogP contribution is 2.21. The molecular weight excluding hydrogens is 548 g/mol. The highest BCUT2D eigenvalue weighted by Gasteiger charge is 2.10. The summed E-state index contributed by atoms with van der Waals surface area (Å²) in [7, 11) is 0. The minimum atomic E-state index is -0.122. The van der Waals surface area contributed by atoms with Crippen molar-refractivity contribution in [2.24, 2.45) is 0 Å². The number of ether oxygens (including phenoxy) is 2. The Balaban J connectivity index is 1.50. The lowest BCUT2D eigenvalue weighted by molar-refractivity contribution is 0.0746. The molecule has 0 spiro atoms. The van der Waals surface area contributed by atoms with Crippen LogP contribution in [0, 0.1) is 0 Å². The van der Waals surface area contributed by atoms with E-state index in [0.717, 1.165) is 27.4 Å². The molecule has 0 unspecified atom stereocenters. The van der Waals surface area contributed by atoms with E-state index in [1.54, 1.807) is 24.3 Å². The molecule has 33 heavy (non-hydrogen) atoms. The molecule has 0 fully saturated rings. The van der Waals surface area contributed by atoms with Gasteiger partial charge >= 0.3 is 0 Å². The van der Waals surface area contributed by atoms with E-state index in [1.165, 1.54) is 6.08 Å². The average Bonchev–Trinajstić information content (AvgIpc) is 2.84. The maximum Gasteiger partial charge on any atom is 0.189 e. The van der Waals surface area contributed by atoms with Crippen molar-refractivity contribution in [3.05, 3.63) is 111 Å². The minimum absolute atomic E-state index is 0.0289. The van der Waals surface area contributed by atoms with E-state index in [1.807, 2.05) is 54.6 Å². The van der Waals surface area contributed by atoms with Crippen LogP contribution in [0.25, 0.3) is 5.76 Å². The molecule has 0 aliphatic carbocycles. The number of halogens is 2. The van der Waals surface area contributed by atoms with Crippen molar-refractivity contribution in [2.75, 3.05) is 19.8 Å². The van der Waals surface area contributed by atoms with Gasteiger partial charge < -0.3 is 9.47 Å². The van der Waals surface area contributed by atoms with E-state index in [2.05, 4.69) is 31.9 Å². The quantitative estimate of drug-likeness (QED) is 0.100. The Morgan fingerprint density at radius 3 is 1.91 bits per heavy atom. The first-order chi connectivity index (χ1) is 16.0. The third kappa shape index (κ3) is 8.39. The molecule has 0 amide bonds. The summed E-state index contributed by atoms with van der Waals surface area (Å²) in [6, 6.07) is 24.0. The molecule has 0 heterocycles. The highest BCUT2D eigenvalue weighted by molar-refractivity contribution is 9.10. The van der Waals surface area contributed by atoms with E-state index < -0.39 is 0 Å². The number of hydrogen-bond acceptors (Lipinski definition) is 4. The second-order valence-corrected chi connectivity index (χ2v) is 9.12. The van der Waals surface area contributed by atoms with Crippen molar-refractivity contribution >= 4 is 49.2 Å². The Labute approximate surface area is 210 Å². The molecule has 0 aromatic heterocycles. The van der Waals surface area contributed by atoms with Crippen LogP contribution in [0.4, 0.5) is 0 Å². The zero-order valence-corrected chi connectivity index (χ0v) is 21.2. The van der Waals surface area contributed by atoms with Crippen LogP contribution < -0.4 is 0 Å². The fourth-order valence-corrected chi connectivity index (χ4v) is 3.53. The zero-order chi connectivity index (χ0) is 23.5. The van der Waals surface area contributed by atoms with Gasteiger partial charge in [-0.15, -0.1) is 0 Å². The molecule has 0 radical (unpaired) electrons. The number of hydrogen-bond donors (Lipinski definition) is 0. The van der Waals surface area contributed by atoms with Crippen LogP contribution in [0.3, 0.4) is 0 Å². The molecule has 170 valence electrons. The molecule has 3 aromatic carbocycles. The fourth-order valence-electron chi connectivity index (χ4n) is 3.00. The number of unbranched alkanes of at least 4 members (excludes halogenated alkanes) is 1. The second kappa shape index (κ2) is 13.2. The maximum absolute atomic E-state index is 12.7. The Kier molecular flexibility index (Phi) is 10.1. The predicted molar refractivity (Wildman–Crippen MR) is 137 cm³/mol. The molecule has 3 aromatic rings. The van der Waals surface area contributed by atoms with Gasteiger partial charge in [-0.2, -0.15) is 0 Å². The van der Waals surface area contributed by atoms with Gasteiger partial charge in [-0.05, 0) is 49.2 Å². The molecule has 0 bridgehead atoms. The molecule has 0 aliphatic heterocycles. The number of carbonyl (C=O) groups is 2. The van der Waals surface area contributed by atoms with Crippen molar-refractivity contribution in [1.82, 2.24) is 0 Å². The van der Waals surface area contributed by atoms with E-state index in [0.29, 0.717) is 30.1 Å². The normalized spacial score (nSPS) is 11.3. The van der Waals surface area contributed by atoms with Crippen LogP contribution in [0.2, 0.25) is 0 Å². The third-order valence-electron chi connectivity index (χ3n) is 4.79. The second-order valence-electron chi connectivity index (χ2n) is 7.28. The molecule has 6 heteroatoms. The van der Waals surface area contributed by atoms with Crippen molar-refractivity contribution in [2.45, 2.75) is 12.8 Å². The summed E-state index contributed by atoms with van der Waals surface area (Å²) >= 11 is 6.82. The topological polar surface area (TPSA) is 52.6 Å². The first kappa shape index (κ1) is 25.1. The summed E-state index contributed by atoms with van der Waals surface area (Å²) in [4.78, 5) is 24.8. The van der Waals surface area contributed by atoms with Gasteiger partial charge in [0.25, 0.3) is 0 Å². The van der Waals surface area contributed by atoms with E-state index >= 15 is 0 Å². The van der Waals surface area contributed by atoms with Gasteiger partial charge in [0, 0.05) is 38.3 Å². The summed E-state index contributed by atoms with van der Waals surface area (Å²) in [5.74, 6) is 0.373. The lowest BCUT2D eigenvalue weighted by Crippen LogP contribution is -2.10. The van der Waals surface area contributed by atoms with Crippen molar-refractivity contribution < 1.29 is 19.1 Å². The predicted octanol–water partition coefficient (Wildman–Crippen LogP) is 7.13. The number of allylic oxidation sites excluding steroid dienone is 1. The van der Waals surface area contributed by atoms with Crippen LogP contribution in [0.15, 0.2) is 93.9 Å². The molecule has 3 rings (SSSR count). The van der Waals surface area contributed by atoms with E-state index in [4.69, 9.17) is 9.47 Å². The van der Waals surface area contributed by atoms with Crippen LogP contribution in [0.1, 0.15) is 39.1 Å². The van der Waals surface area contributed by atoms with Gasteiger partial charge in [-0.1, -0.05) is 74.3 Å². The van der Waals surface area contributed by atoms with Crippen LogP contribution >= 0.6 is 31.9 Å². The van der Waals surface area contributed by atoms with Crippen molar-refractivity contribution in [1.29, 1.82) is 0 Å². The number of ketones is 2. The monoisotopic (exact) mass is 570 g/mol. The molecule has 4 nitrogen and oxygen atoms in total. The maximum atomic E-state index is 12.7. The van der Waals surface area contributed by atoms with Gasteiger partial charge in [-0.3, -0.25) is 9.59 Å². The van der Waals surface area contributed by atoms with Crippen LogP contribution in [0.5, 0.6) is 0 Å². The van der Waals surface area contributed by atoms with E-state index in [9.17, 15) is 9.59 Å². The Morgan fingerprint density at radius 1 is 0.697 bits per heavy atom. The molecular formula is C27H24Br2O4. The Bertz CT molecular complexity index is 1080. The first-order valence-corrected chi connectivity index (χ1v) is 12.2. The number of rotatable bonds is 12. The summed E-state index contributed by atoms with van der Waals surface area (Å²) in [6.07, 6.45) is 3.01. The van der Waals surface area contributed by atoms with Gasteiger partial charge in [0.15, 0.2) is 11.6 Å². The minimum Gasteiger partial charge on any atom is -0.493 e. The Morgan fingerprint density at radius 2 is 1.27 bits per heavy atom. The van der Waals surface area contributed by atoms with Crippen molar-refractivity contribution in [3.8, 4) is 0 Å². The number of benzene rings is 3. The largest absolute Gasteiger partial charge is 0.493 e. The SMILES string of the molecule is O=C(/C=C(/OCCCCOCC(=O)c1ccccc1)c1ccc(Br)cc1)c1ccc(Br)cc1. The summed E-state index contributed by atoms with van der Waals surface area (Å²) < 4.78 is 13.3. The van der Waals surface area contributed by atoms with Crippen LogP contribution in [-0.4, -0.2) is 31.4 Å². The lowest BCUT2D eigenvalue weighted by Gasteiger charge is -2.11. The summed E-state index contributed by atoms with van der Waals surface area (Å²) in [5, 5.41) is 0. The third-order valence-corrected chi connectivity index (χ3v) is 5.85. The van der Waals surface area contributed by atoms with Gasteiger partial charge in [0.1, 0.15) is 12.4 Å². The molecule has 0 saturated carbocycles. The smallest absolute Gasteiger partial charge is 0.189 e. The molecule has 0 N–H and O–H groups in total. The Hall–Kier alpha value is -2.54. The fraction of sp³-hybridized carbons (Fsp3) is 0.185. The van der Waals surface area contributed by atoms with Gasteiger partial charge in [-0.25, -0.2) is 0 Å². The summed E-state index contributed by atoms with van der Waals surface area (Å²) in [6.45, 7) is 0.971. The van der Waals surface area contributed by atoms with E-state index in [-0.39, 0.29) is 18.2 Å². The molecule has 0 saturated heterocycles. The average molecular weight is 572 g/mol. The highest BCUT2D eigenvalue weighted by atomic mass is 79.9. The zero-order valence-electron chi connectivity index (χ0n) is 18.0. The van der Waals surface area contributed by atoms with Gasteiger partial charge in [0.2, 0.25) is 0 Å². The first-order valence-electron chi connectivity index (χ1n) is 10.6. The van der Waals surface area contributed by atoms with Crippen molar-refractivity contribution in [3.63, 3.8) is 0 Å². The molecule has 0 atom stereocenters. The lowest BCUT2D eigenvalue weighted by atomic mass is 10.1. The molecule has 0 aliphatic rings.